The summed E-state index contributed by atoms with van der Waals surface area (Å²) >= 11 is 0. The number of pyridine rings is 2. The molecule has 236 valence electrons. The number of anilines is 1. The van der Waals surface area contributed by atoms with E-state index in [1.165, 1.54) is 0 Å². The minimum Gasteiger partial charge on any atom is -0.364 e. The summed E-state index contributed by atoms with van der Waals surface area (Å²) in [4.78, 5) is 22.4. The maximum absolute atomic E-state index is 13.4. The van der Waals surface area contributed by atoms with E-state index in [9.17, 15) is 4.79 Å². The third-order valence-corrected chi connectivity index (χ3v) is 8.72. The van der Waals surface area contributed by atoms with Crippen molar-refractivity contribution in [2.45, 2.75) is 31.5 Å². The Bertz CT molecular complexity index is 2000. The van der Waals surface area contributed by atoms with Crippen LogP contribution in [0.5, 0.6) is 0 Å². The second-order valence-corrected chi connectivity index (χ2v) is 11.9. The largest absolute Gasteiger partial charge is 0.364 e. The maximum Gasteiger partial charge on any atom is 0.226 e. The minimum atomic E-state index is -0.848. The molecule has 0 saturated carbocycles. The van der Waals surface area contributed by atoms with E-state index in [0.717, 1.165) is 38.7 Å². The van der Waals surface area contributed by atoms with E-state index in [2.05, 4.69) is 93.1 Å². The fourth-order valence-corrected chi connectivity index (χ4v) is 6.41. The molecule has 2 N–H and O–H groups in total. The highest BCUT2D eigenvalue weighted by molar-refractivity contribution is 5.91. The zero-order chi connectivity index (χ0) is 32.8. The second-order valence-electron chi connectivity index (χ2n) is 11.9. The van der Waals surface area contributed by atoms with Gasteiger partial charge in [-0.25, -0.2) is 4.68 Å². The van der Waals surface area contributed by atoms with Crippen LogP contribution < -0.4 is 10.6 Å². The third-order valence-electron chi connectivity index (χ3n) is 8.72. The number of hydrogen-bond donors (Lipinski definition) is 2. The quantitative estimate of drug-likeness (QED) is 0.144. The lowest BCUT2D eigenvalue weighted by Gasteiger charge is -2.37. The topological polar surface area (TPSA) is 84.7 Å². The molecule has 0 saturated heterocycles. The SMILES string of the molecule is C[C@@H](NC(=O)Cc1cc2c(cn1)c(NCc1cccnc1)nn2C(c1ccccc1)(c1ccccc1)c1ccccc1)c1ccccc1. The second kappa shape index (κ2) is 13.7. The number of benzene rings is 4. The lowest BCUT2D eigenvalue weighted by molar-refractivity contribution is -0.121. The first-order chi connectivity index (χ1) is 23.6. The number of hydrogen-bond acceptors (Lipinski definition) is 5. The molecule has 0 bridgehead atoms. The molecular weight excluding hydrogens is 592 g/mol. The van der Waals surface area contributed by atoms with Crippen LogP contribution in [0.3, 0.4) is 0 Å². The van der Waals surface area contributed by atoms with Gasteiger partial charge in [0, 0.05) is 25.1 Å². The van der Waals surface area contributed by atoms with Crippen LogP contribution in [0.4, 0.5) is 5.82 Å². The van der Waals surface area contributed by atoms with E-state index in [4.69, 9.17) is 10.1 Å². The minimum absolute atomic E-state index is 0.0976. The highest BCUT2D eigenvalue weighted by atomic mass is 16.1. The average Bonchev–Trinajstić information content (AvgIpc) is 3.51. The smallest absolute Gasteiger partial charge is 0.226 e. The molecule has 0 unspecified atom stereocenters. The standard InChI is InChI=1S/C41H36N6O/c1-30(32-16-6-2-7-17-32)45-39(48)26-36-25-38-37(29-43-36)40(44-28-31-15-14-24-42-27-31)46-47(38)41(33-18-8-3-9-19-33,34-20-10-4-11-21-34)35-22-12-5-13-23-35/h2-25,27,29-30H,26,28H2,1H3,(H,44,46)(H,45,48)/t30-/m1/s1. The summed E-state index contributed by atoms with van der Waals surface area (Å²) in [6.07, 6.45) is 5.58. The number of fused-ring (bicyclic) bond motifs is 1. The lowest BCUT2D eigenvalue weighted by Crippen LogP contribution is -2.38. The summed E-state index contributed by atoms with van der Waals surface area (Å²) in [5.74, 6) is 0.599. The molecule has 3 aromatic heterocycles. The fourth-order valence-electron chi connectivity index (χ4n) is 6.41. The molecule has 7 aromatic rings. The van der Waals surface area contributed by atoms with Crippen LogP contribution in [0.2, 0.25) is 0 Å². The van der Waals surface area contributed by atoms with Gasteiger partial charge in [-0.1, -0.05) is 127 Å². The van der Waals surface area contributed by atoms with Crippen molar-refractivity contribution >= 4 is 22.6 Å². The predicted molar refractivity (Wildman–Crippen MR) is 190 cm³/mol. The van der Waals surface area contributed by atoms with E-state index in [-0.39, 0.29) is 18.4 Å². The number of nitrogens with one attached hydrogen (secondary N) is 2. The van der Waals surface area contributed by atoms with Crippen molar-refractivity contribution in [3.05, 3.63) is 192 Å². The molecule has 4 aromatic carbocycles. The Balaban J connectivity index is 1.39. The van der Waals surface area contributed by atoms with Gasteiger partial charge in [-0.2, -0.15) is 5.10 Å². The van der Waals surface area contributed by atoms with Gasteiger partial charge in [0.15, 0.2) is 5.82 Å². The zero-order valence-corrected chi connectivity index (χ0v) is 26.7. The van der Waals surface area contributed by atoms with E-state index in [1.807, 2.05) is 86.0 Å². The molecule has 0 aliphatic carbocycles. The number of amides is 1. The monoisotopic (exact) mass is 628 g/mol. The van der Waals surface area contributed by atoms with Crippen LogP contribution in [0, 0.1) is 0 Å². The van der Waals surface area contributed by atoms with Crippen LogP contribution in [0.25, 0.3) is 10.9 Å². The number of carbonyl (C=O) groups is 1. The van der Waals surface area contributed by atoms with Gasteiger partial charge in [0.25, 0.3) is 0 Å². The van der Waals surface area contributed by atoms with Crippen molar-refractivity contribution in [1.82, 2.24) is 25.1 Å². The van der Waals surface area contributed by atoms with Crippen molar-refractivity contribution in [2.24, 2.45) is 0 Å². The Morgan fingerprint density at radius 3 is 1.90 bits per heavy atom. The summed E-state index contributed by atoms with van der Waals surface area (Å²) in [7, 11) is 0. The lowest BCUT2D eigenvalue weighted by atomic mass is 9.77. The number of carbonyl (C=O) groups excluding carboxylic acids is 1. The van der Waals surface area contributed by atoms with Crippen LogP contribution in [-0.4, -0.2) is 25.7 Å². The molecule has 48 heavy (non-hydrogen) atoms. The molecule has 7 nitrogen and oxygen atoms in total. The van der Waals surface area contributed by atoms with Crippen molar-refractivity contribution < 1.29 is 4.79 Å². The molecule has 1 amide bonds. The van der Waals surface area contributed by atoms with Crippen LogP contribution >= 0.6 is 0 Å². The predicted octanol–water partition coefficient (Wildman–Crippen LogP) is 7.70. The van der Waals surface area contributed by atoms with Crippen LogP contribution in [0.15, 0.2) is 158 Å². The van der Waals surface area contributed by atoms with Crippen molar-refractivity contribution in [2.75, 3.05) is 5.32 Å². The summed E-state index contributed by atoms with van der Waals surface area (Å²) in [5.41, 5.74) is 5.91. The molecule has 7 rings (SSSR count). The Hall–Kier alpha value is -6.08. The van der Waals surface area contributed by atoms with Gasteiger partial charge in [-0.3, -0.25) is 14.8 Å². The van der Waals surface area contributed by atoms with Gasteiger partial charge in [0.05, 0.1) is 29.1 Å². The molecule has 7 heteroatoms. The van der Waals surface area contributed by atoms with Gasteiger partial charge in [-0.05, 0) is 46.9 Å². The Morgan fingerprint density at radius 2 is 1.33 bits per heavy atom. The van der Waals surface area contributed by atoms with Crippen molar-refractivity contribution in [3.63, 3.8) is 0 Å². The summed E-state index contributed by atoms with van der Waals surface area (Å²) in [5, 5.41) is 12.9. The first kappa shape index (κ1) is 30.6. The molecule has 1 atom stereocenters. The summed E-state index contributed by atoms with van der Waals surface area (Å²) < 4.78 is 2.10. The maximum atomic E-state index is 13.4. The highest BCUT2D eigenvalue weighted by Gasteiger charge is 2.41. The van der Waals surface area contributed by atoms with E-state index in [1.54, 1.807) is 6.20 Å². The molecule has 3 heterocycles. The van der Waals surface area contributed by atoms with Crippen molar-refractivity contribution in [1.29, 1.82) is 0 Å². The molecule has 0 fully saturated rings. The molecule has 0 aliphatic rings. The zero-order valence-electron chi connectivity index (χ0n) is 26.7. The Kier molecular flexibility index (Phi) is 8.74. The van der Waals surface area contributed by atoms with Crippen LogP contribution in [-0.2, 0) is 23.3 Å². The highest BCUT2D eigenvalue weighted by Crippen LogP contribution is 2.43. The molecule has 0 radical (unpaired) electrons. The molecular formula is C41H36N6O. The van der Waals surface area contributed by atoms with E-state index < -0.39 is 5.54 Å². The van der Waals surface area contributed by atoms with Crippen LogP contribution in [0.1, 0.15) is 46.5 Å². The van der Waals surface area contributed by atoms with E-state index >= 15 is 0 Å². The Morgan fingerprint density at radius 1 is 0.750 bits per heavy atom. The average molecular weight is 629 g/mol. The van der Waals surface area contributed by atoms with Gasteiger partial charge >= 0.3 is 0 Å². The molecule has 0 aliphatic heterocycles. The normalized spacial score (nSPS) is 12.0. The molecule has 0 spiro atoms. The number of nitrogens with zero attached hydrogens (tertiary/aromatic N) is 4. The third kappa shape index (κ3) is 6.06. The first-order valence-corrected chi connectivity index (χ1v) is 16.1. The number of aromatic nitrogens is 4. The first-order valence-electron chi connectivity index (χ1n) is 16.1. The van der Waals surface area contributed by atoms with Gasteiger partial charge < -0.3 is 10.6 Å². The van der Waals surface area contributed by atoms with Gasteiger partial charge in [0.1, 0.15) is 5.54 Å². The van der Waals surface area contributed by atoms with Gasteiger partial charge in [-0.15, -0.1) is 0 Å². The number of rotatable bonds is 11. The summed E-state index contributed by atoms with van der Waals surface area (Å²) in [6, 6.07) is 47.2. The van der Waals surface area contributed by atoms with Crippen molar-refractivity contribution in [3.8, 4) is 0 Å². The Labute approximate surface area is 280 Å². The van der Waals surface area contributed by atoms with Gasteiger partial charge in [0.2, 0.25) is 5.91 Å². The van der Waals surface area contributed by atoms with E-state index in [0.29, 0.717) is 18.1 Å². The fraction of sp³-hybridized carbons (Fsp3) is 0.122. The summed E-state index contributed by atoms with van der Waals surface area (Å²) in [6.45, 7) is 2.53.